The van der Waals surface area contributed by atoms with E-state index in [-0.39, 0.29) is 24.2 Å². The van der Waals surface area contributed by atoms with E-state index in [0.29, 0.717) is 23.8 Å². The van der Waals surface area contributed by atoms with Gasteiger partial charge in [-0.3, -0.25) is 9.59 Å². The van der Waals surface area contributed by atoms with Gasteiger partial charge >= 0.3 is 0 Å². The number of likely N-dealkylation sites (tertiary alicyclic amines) is 1. The van der Waals surface area contributed by atoms with Crippen LogP contribution >= 0.6 is 11.6 Å². The van der Waals surface area contributed by atoms with Crippen molar-refractivity contribution in [3.63, 3.8) is 0 Å². The molecule has 5 nitrogen and oxygen atoms in total. The van der Waals surface area contributed by atoms with Gasteiger partial charge in [0.2, 0.25) is 11.8 Å². The minimum absolute atomic E-state index is 0.0184. The number of carbonyl (C=O) groups excluding carboxylic acids is 2. The van der Waals surface area contributed by atoms with Crippen molar-refractivity contribution >= 4 is 29.1 Å². The second-order valence-electron chi connectivity index (χ2n) is 5.99. The van der Waals surface area contributed by atoms with Gasteiger partial charge in [-0.2, -0.15) is 0 Å². The van der Waals surface area contributed by atoms with Crippen LogP contribution < -0.4 is 10.1 Å². The highest BCUT2D eigenvalue weighted by molar-refractivity contribution is 6.33. The number of amides is 2. The molecule has 2 aromatic rings. The molecule has 1 aliphatic heterocycles. The number of hydrogen-bond acceptors (Lipinski definition) is 3. The molecule has 25 heavy (non-hydrogen) atoms. The van der Waals surface area contributed by atoms with Crippen molar-refractivity contribution in [2.75, 3.05) is 19.0 Å². The van der Waals surface area contributed by atoms with Crippen molar-refractivity contribution in [1.82, 2.24) is 4.90 Å². The lowest BCUT2D eigenvalue weighted by molar-refractivity contribution is -0.128. The van der Waals surface area contributed by atoms with Gasteiger partial charge in [-0.05, 0) is 29.8 Å². The van der Waals surface area contributed by atoms with Crippen molar-refractivity contribution in [2.24, 2.45) is 5.92 Å². The Morgan fingerprint density at radius 1 is 1.24 bits per heavy atom. The Morgan fingerprint density at radius 2 is 1.96 bits per heavy atom. The van der Waals surface area contributed by atoms with Crippen LogP contribution in [0, 0.1) is 5.92 Å². The molecular formula is C19H19ClN2O3. The summed E-state index contributed by atoms with van der Waals surface area (Å²) in [4.78, 5) is 26.4. The van der Waals surface area contributed by atoms with Crippen LogP contribution in [-0.4, -0.2) is 30.4 Å². The number of hydrogen-bond donors (Lipinski definition) is 1. The summed E-state index contributed by atoms with van der Waals surface area (Å²) in [6.45, 7) is 0.889. The van der Waals surface area contributed by atoms with Crippen LogP contribution in [0.5, 0.6) is 5.75 Å². The first-order valence-electron chi connectivity index (χ1n) is 8.03. The van der Waals surface area contributed by atoms with Crippen molar-refractivity contribution in [3.8, 4) is 5.75 Å². The van der Waals surface area contributed by atoms with Crippen LogP contribution in [0.1, 0.15) is 12.0 Å². The monoisotopic (exact) mass is 358 g/mol. The lowest BCUT2D eigenvalue weighted by Gasteiger charge is -2.17. The number of rotatable bonds is 5. The predicted molar refractivity (Wildman–Crippen MR) is 96.6 cm³/mol. The van der Waals surface area contributed by atoms with E-state index < -0.39 is 0 Å². The van der Waals surface area contributed by atoms with Gasteiger partial charge in [0.05, 0.1) is 23.7 Å². The van der Waals surface area contributed by atoms with Gasteiger partial charge in [0.1, 0.15) is 5.75 Å². The van der Waals surface area contributed by atoms with E-state index in [1.807, 2.05) is 24.3 Å². The molecule has 0 unspecified atom stereocenters. The van der Waals surface area contributed by atoms with Crippen molar-refractivity contribution < 1.29 is 14.3 Å². The number of benzene rings is 2. The highest BCUT2D eigenvalue weighted by atomic mass is 35.5. The van der Waals surface area contributed by atoms with Gasteiger partial charge in [-0.25, -0.2) is 0 Å². The van der Waals surface area contributed by atoms with Gasteiger partial charge in [-0.15, -0.1) is 0 Å². The molecule has 1 saturated heterocycles. The highest BCUT2D eigenvalue weighted by Crippen LogP contribution is 2.25. The zero-order chi connectivity index (χ0) is 17.8. The molecule has 1 heterocycles. The first-order chi connectivity index (χ1) is 12.1. The molecular weight excluding hydrogens is 340 g/mol. The van der Waals surface area contributed by atoms with Gasteiger partial charge in [0, 0.05) is 19.5 Å². The number of anilines is 1. The van der Waals surface area contributed by atoms with E-state index in [9.17, 15) is 9.59 Å². The molecule has 1 atom stereocenters. The Kier molecular flexibility index (Phi) is 5.24. The van der Waals surface area contributed by atoms with E-state index in [1.165, 1.54) is 0 Å². The fourth-order valence-electron chi connectivity index (χ4n) is 2.85. The molecule has 0 aromatic heterocycles. The van der Waals surface area contributed by atoms with E-state index in [4.69, 9.17) is 16.3 Å². The quantitative estimate of drug-likeness (QED) is 0.891. The second kappa shape index (κ2) is 7.57. The maximum absolute atomic E-state index is 12.4. The Bertz CT molecular complexity index is 776. The van der Waals surface area contributed by atoms with Crippen LogP contribution in [0.3, 0.4) is 0 Å². The molecule has 0 bridgehead atoms. The summed E-state index contributed by atoms with van der Waals surface area (Å²) in [5, 5.41) is 3.29. The molecule has 0 spiro atoms. The molecule has 1 fully saturated rings. The Labute approximate surface area is 151 Å². The lowest BCUT2D eigenvalue weighted by atomic mass is 10.1. The smallest absolute Gasteiger partial charge is 0.229 e. The number of nitrogens with zero attached hydrogens (tertiary/aromatic N) is 1. The molecule has 6 heteroatoms. The first-order valence-corrected chi connectivity index (χ1v) is 8.40. The summed E-state index contributed by atoms with van der Waals surface area (Å²) in [6, 6.07) is 14.6. The Morgan fingerprint density at radius 3 is 2.64 bits per heavy atom. The van der Waals surface area contributed by atoms with Crippen molar-refractivity contribution in [1.29, 1.82) is 0 Å². The normalized spacial score (nSPS) is 16.8. The summed E-state index contributed by atoms with van der Waals surface area (Å²) in [7, 11) is 1.61. The van der Waals surface area contributed by atoms with Crippen LogP contribution in [0.25, 0.3) is 0 Å². The fourth-order valence-corrected chi connectivity index (χ4v) is 3.03. The van der Waals surface area contributed by atoms with Crippen LogP contribution in [0.2, 0.25) is 5.02 Å². The van der Waals surface area contributed by atoms with Crippen LogP contribution in [0.15, 0.2) is 48.5 Å². The Hall–Kier alpha value is -2.53. The minimum Gasteiger partial charge on any atom is -0.497 e. The highest BCUT2D eigenvalue weighted by Gasteiger charge is 2.34. The molecule has 0 saturated carbocycles. The van der Waals surface area contributed by atoms with E-state index in [0.717, 1.165) is 11.3 Å². The number of halogens is 1. The Balaban J connectivity index is 1.61. The third kappa shape index (κ3) is 4.12. The molecule has 2 aromatic carbocycles. The molecule has 1 aliphatic rings. The van der Waals surface area contributed by atoms with Crippen LogP contribution in [0.4, 0.5) is 5.69 Å². The third-order valence-electron chi connectivity index (χ3n) is 4.25. The first kappa shape index (κ1) is 17.3. The number of para-hydroxylation sites is 1. The van der Waals surface area contributed by atoms with Gasteiger partial charge < -0.3 is 15.0 Å². The number of nitrogens with one attached hydrogen (secondary N) is 1. The molecule has 130 valence electrons. The SMILES string of the molecule is COc1ccc(CN2C[C@@H](C(=O)Nc3ccccc3Cl)CC2=O)cc1. The molecule has 2 amide bonds. The zero-order valence-corrected chi connectivity index (χ0v) is 14.6. The van der Waals surface area contributed by atoms with E-state index in [2.05, 4.69) is 5.32 Å². The zero-order valence-electron chi connectivity index (χ0n) is 13.9. The predicted octanol–water partition coefficient (Wildman–Crippen LogP) is 3.34. The van der Waals surface area contributed by atoms with Crippen molar-refractivity contribution in [2.45, 2.75) is 13.0 Å². The number of carbonyl (C=O) groups is 2. The molecule has 3 rings (SSSR count). The summed E-state index contributed by atoms with van der Waals surface area (Å²) in [5.74, 6) is 0.198. The van der Waals surface area contributed by atoms with E-state index >= 15 is 0 Å². The average Bonchev–Trinajstić information content (AvgIpc) is 2.98. The number of methoxy groups -OCH3 is 1. The minimum atomic E-state index is -0.373. The fraction of sp³-hybridized carbons (Fsp3) is 0.263. The molecule has 0 radical (unpaired) electrons. The van der Waals surface area contributed by atoms with Crippen molar-refractivity contribution in [3.05, 3.63) is 59.1 Å². The molecule has 1 N–H and O–H groups in total. The lowest BCUT2D eigenvalue weighted by Crippen LogP contribution is -2.28. The second-order valence-corrected chi connectivity index (χ2v) is 6.40. The largest absolute Gasteiger partial charge is 0.497 e. The molecule has 0 aliphatic carbocycles. The summed E-state index contributed by atoms with van der Waals surface area (Å²) >= 11 is 6.06. The van der Waals surface area contributed by atoms with Gasteiger partial charge in [0.25, 0.3) is 0 Å². The summed E-state index contributed by atoms with van der Waals surface area (Å²) in [6.07, 6.45) is 0.215. The van der Waals surface area contributed by atoms with Crippen LogP contribution in [-0.2, 0) is 16.1 Å². The maximum Gasteiger partial charge on any atom is 0.229 e. The number of ether oxygens (including phenoxy) is 1. The van der Waals surface area contributed by atoms with Gasteiger partial charge in [-0.1, -0.05) is 35.9 Å². The standard InChI is InChI=1S/C19H19ClN2O3/c1-25-15-8-6-13(7-9-15)11-22-12-14(10-18(22)23)19(24)21-17-5-3-2-4-16(17)20/h2-9,14H,10-12H2,1H3,(H,21,24)/t14-/m0/s1. The summed E-state index contributed by atoms with van der Waals surface area (Å²) < 4.78 is 5.13. The average molecular weight is 359 g/mol. The summed E-state index contributed by atoms with van der Waals surface area (Å²) in [5.41, 5.74) is 1.57. The topological polar surface area (TPSA) is 58.6 Å². The maximum atomic E-state index is 12.4. The third-order valence-corrected chi connectivity index (χ3v) is 4.58. The van der Waals surface area contributed by atoms with E-state index in [1.54, 1.807) is 36.3 Å². The van der Waals surface area contributed by atoms with Gasteiger partial charge in [0.15, 0.2) is 0 Å².